The van der Waals surface area contributed by atoms with Gasteiger partial charge in [0.05, 0.1) is 5.92 Å². The summed E-state index contributed by atoms with van der Waals surface area (Å²) in [6, 6.07) is 7.00. The van der Waals surface area contributed by atoms with E-state index in [1.54, 1.807) is 24.3 Å². The van der Waals surface area contributed by atoms with Crippen LogP contribution in [0.3, 0.4) is 0 Å². The fourth-order valence-corrected chi connectivity index (χ4v) is 4.30. The molecule has 1 amide bonds. The van der Waals surface area contributed by atoms with Gasteiger partial charge in [0.15, 0.2) is 6.61 Å². The van der Waals surface area contributed by atoms with E-state index in [0.717, 1.165) is 12.8 Å². The van der Waals surface area contributed by atoms with E-state index in [1.165, 1.54) is 0 Å². The molecule has 1 unspecified atom stereocenters. The number of amides is 1. The highest BCUT2D eigenvalue weighted by atomic mass is 35.5. The van der Waals surface area contributed by atoms with Crippen molar-refractivity contribution in [2.24, 2.45) is 5.41 Å². The molecule has 4 rings (SSSR count). The van der Waals surface area contributed by atoms with Crippen LogP contribution in [-0.4, -0.2) is 53.9 Å². The predicted octanol–water partition coefficient (Wildman–Crippen LogP) is 3.65. The summed E-state index contributed by atoms with van der Waals surface area (Å²) in [5.74, 6) is 2.04. The molecule has 0 bridgehead atoms. The Labute approximate surface area is 175 Å². The van der Waals surface area contributed by atoms with Crippen molar-refractivity contribution in [3.8, 4) is 5.75 Å². The number of ether oxygens (including phenoxy) is 2. The average Bonchev–Trinajstić information content (AvgIpc) is 3.33. The van der Waals surface area contributed by atoms with Crippen molar-refractivity contribution >= 4 is 17.5 Å². The number of carbonyl (C=O) groups is 1. The lowest BCUT2D eigenvalue weighted by Gasteiger charge is -2.36. The van der Waals surface area contributed by atoms with Gasteiger partial charge in [-0.3, -0.25) is 4.79 Å². The minimum atomic E-state index is -0.0883. The van der Waals surface area contributed by atoms with Crippen molar-refractivity contribution in [3.05, 3.63) is 41.1 Å². The molecule has 1 atom stereocenters. The fraction of sp³-hybridized carbons (Fsp3) is 0.571. The molecule has 0 saturated carbocycles. The van der Waals surface area contributed by atoms with Gasteiger partial charge in [-0.05, 0) is 37.1 Å². The molecule has 1 aromatic heterocycles. The van der Waals surface area contributed by atoms with Gasteiger partial charge in [0.1, 0.15) is 5.75 Å². The predicted molar refractivity (Wildman–Crippen MR) is 107 cm³/mol. The second-order valence-electron chi connectivity index (χ2n) is 8.18. The van der Waals surface area contributed by atoms with Gasteiger partial charge >= 0.3 is 0 Å². The van der Waals surface area contributed by atoms with Crippen molar-refractivity contribution in [2.45, 2.75) is 38.5 Å². The van der Waals surface area contributed by atoms with Gasteiger partial charge in [-0.15, -0.1) is 10.2 Å². The summed E-state index contributed by atoms with van der Waals surface area (Å²) in [5, 5.41) is 9.16. The molecule has 0 radical (unpaired) electrons. The molecule has 2 saturated heterocycles. The van der Waals surface area contributed by atoms with Crippen LogP contribution in [-0.2, 0) is 9.53 Å². The van der Waals surface area contributed by atoms with E-state index in [2.05, 4.69) is 10.2 Å². The van der Waals surface area contributed by atoms with E-state index in [-0.39, 0.29) is 29.8 Å². The zero-order valence-corrected chi connectivity index (χ0v) is 17.5. The lowest BCUT2D eigenvalue weighted by molar-refractivity contribution is -0.133. The Morgan fingerprint density at radius 2 is 2.00 bits per heavy atom. The molecule has 2 aliphatic rings. The number of carbonyl (C=O) groups excluding carboxylic acids is 1. The maximum atomic E-state index is 12.9. The Bertz CT molecular complexity index is 846. The molecule has 1 aromatic carbocycles. The largest absolute Gasteiger partial charge is 0.484 e. The molecule has 2 fully saturated rings. The van der Waals surface area contributed by atoms with Crippen LogP contribution in [0.4, 0.5) is 0 Å². The highest BCUT2D eigenvalue weighted by Gasteiger charge is 2.51. The lowest BCUT2D eigenvalue weighted by Crippen LogP contribution is -2.38. The second-order valence-corrected chi connectivity index (χ2v) is 8.61. The summed E-state index contributed by atoms with van der Waals surface area (Å²) in [7, 11) is 0. The number of hydrogen-bond donors (Lipinski definition) is 0. The van der Waals surface area contributed by atoms with E-state index in [4.69, 9.17) is 25.5 Å². The molecule has 1 spiro atoms. The van der Waals surface area contributed by atoms with Crippen molar-refractivity contribution in [1.29, 1.82) is 0 Å². The molecular weight excluding hydrogens is 394 g/mol. The normalized spacial score (nSPS) is 21.1. The summed E-state index contributed by atoms with van der Waals surface area (Å²) < 4.78 is 17.2. The van der Waals surface area contributed by atoms with Crippen LogP contribution < -0.4 is 4.74 Å². The highest BCUT2D eigenvalue weighted by Crippen LogP contribution is 2.49. The third-order valence-corrected chi connectivity index (χ3v) is 6.17. The Morgan fingerprint density at radius 3 is 2.66 bits per heavy atom. The van der Waals surface area contributed by atoms with Crippen molar-refractivity contribution < 1.29 is 18.7 Å². The Kier molecular flexibility index (Phi) is 5.79. The smallest absolute Gasteiger partial charge is 0.260 e. The van der Waals surface area contributed by atoms with Crippen molar-refractivity contribution in [3.63, 3.8) is 0 Å². The van der Waals surface area contributed by atoms with Gasteiger partial charge in [0.25, 0.3) is 5.91 Å². The van der Waals surface area contributed by atoms with Crippen LogP contribution in [0.2, 0.25) is 5.02 Å². The van der Waals surface area contributed by atoms with Crippen LogP contribution in [0, 0.1) is 5.41 Å². The van der Waals surface area contributed by atoms with Gasteiger partial charge in [0.2, 0.25) is 11.8 Å². The molecule has 3 heterocycles. The number of rotatable bonds is 5. The monoisotopic (exact) mass is 419 g/mol. The van der Waals surface area contributed by atoms with E-state index in [9.17, 15) is 4.79 Å². The zero-order valence-electron chi connectivity index (χ0n) is 16.8. The molecule has 2 aliphatic heterocycles. The first-order valence-corrected chi connectivity index (χ1v) is 10.4. The average molecular weight is 420 g/mol. The molecule has 29 heavy (non-hydrogen) atoms. The number of hydrogen-bond acceptors (Lipinski definition) is 6. The first-order valence-electron chi connectivity index (χ1n) is 10.0. The first kappa shape index (κ1) is 20.2. The quantitative estimate of drug-likeness (QED) is 0.736. The lowest BCUT2D eigenvalue weighted by atomic mass is 9.72. The standard InChI is InChI=1S/C21H26ClN3O4/c1-14(2)19-23-24-20(29-19)17-11-25(13-21(17)7-9-27-10-8-21)18(26)12-28-16-5-3-15(22)4-6-16/h3-6,14,17H,7-13H2,1-2H3. The van der Waals surface area contributed by atoms with E-state index >= 15 is 0 Å². The highest BCUT2D eigenvalue weighted by molar-refractivity contribution is 6.30. The minimum Gasteiger partial charge on any atom is -0.484 e. The van der Waals surface area contributed by atoms with Gasteiger partial charge in [-0.2, -0.15) is 0 Å². The molecule has 0 N–H and O–H groups in total. The summed E-state index contributed by atoms with van der Waals surface area (Å²) in [5.41, 5.74) is -0.0883. The molecule has 0 aliphatic carbocycles. The Morgan fingerprint density at radius 1 is 1.28 bits per heavy atom. The SMILES string of the molecule is CC(C)c1nnc(C2CN(C(=O)COc3ccc(Cl)cc3)CC23CCOCC3)o1. The number of halogens is 1. The third kappa shape index (κ3) is 4.26. The van der Waals surface area contributed by atoms with Crippen LogP contribution >= 0.6 is 11.6 Å². The van der Waals surface area contributed by atoms with E-state index in [1.807, 2.05) is 18.7 Å². The van der Waals surface area contributed by atoms with Crippen LogP contribution in [0.25, 0.3) is 0 Å². The number of nitrogens with zero attached hydrogens (tertiary/aromatic N) is 3. The summed E-state index contributed by atoms with van der Waals surface area (Å²) in [4.78, 5) is 14.7. The zero-order chi connectivity index (χ0) is 20.4. The number of aromatic nitrogens is 2. The summed E-state index contributed by atoms with van der Waals surface area (Å²) in [6.07, 6.45) is 1.75. The first-order chi connectivity index (χ1) is 14.0. The minimum absolute atomic E-state index is 0.0119. The molecular formula is C21H26ClN3O4. The number of benzene rings is 1. The van der Waals surface area contributed by atoms with Crippen LogP contribution in [0.1, 0.15) is 50.3 Å². The van der Waals surface area contributed by atoms with E-state index in [0.29, 0.717) is 48.9 Å². The summed E-state index contributed by atoms with van der Waals surface area (Å²) >= 11 is 5.90. The van der Waals surface area contributed by atoms with Gasteiger partial charge in [0, 0.05) is 42.7 Å². The fourth-order valence-electron chi connectivity index (χ4n) is 4.17. The second kappa shape index (κ2) is 8.32. The van der Waals surface area contributed by atoms with E-state index < -0.39 is 0 Å². The number of likely N-dealkylation sites (tertiary alicyclic amines) is 1. The van der Waals surface area contributed by atoms with Gasteiger partial charge < -0.3 is 18.8 Å². The molecule has 8 heteroatoms. The van der Waals surface area contributed by atoms with Crippen LogP contribution in [0.5, 0.6) is 5.75 Å². The van der Waals surface area contributed by atoms with Crippen molar-refractivity contribution in [2.75, 3.05) is 32.9 Å². The maximum Gasteiger partial charge on any atom is 0.260 e. The van der Waals surface area contributed by atoms with Crippen LogP contribution in [0.15, 0.2) is 28.7 Å². The topological polar surface area (TPSA) is 77.7 Å². The van der Waals surface area contributed by atoms with Gasteiger partial charge in [-0.25, -0.2) is 0 Å². The Balaban J connectivity index is 1.48. The maximum absolute atomic E-state index is 12.9. The molecule has 7 nitrogen and oxygen atoms in total. The molecule has 156 valence electrons. The third-order valence-electron chi connectivity index (χ3n) is 5.91. The van der Waals surface area contributed by atoms with Crippen molar-refractivity contribution in [1.82, 2.24) is 15.1 Å². The molecule has 2 aromatic rings. The van der Waals surface area contributed by atoms with Gasteiger partial charge in [-0.1, -0.05) is 25.4 Å². The summed E-state index contributed by atoms with van der Waals surface area (Å²) in [6.45, 7) is 6.63. The Hall–Kier alpha value is -2.12.